The van der Waals surface area contributed by atoms with Crippen molar-refractivity contribution in [2.24, 2.45) is 5.92 Å². The average Bonchev–Trinajstić information content (AvgIpc) is 3.30. The third kappa shape index (κ3) is 4.35. The molecule has 2 aromatic carbocycles. The molecule has 1 N–H and O–H groups in total. The number of tetrazole rings is 1. The van der Waals surface area contributed by atoms with Crippen LogP contribution in [0.4, 0.5) is 5.69 Å². The minimum atomic E-state index is -3.68. The Balaban J connectivity index is 1.42. The van der Waals surface area contributed by atoms with Crippen molar-refractivity contribution < 1.29 is 13.2 Å². The Morgan fingerprint density at radius 3 is 2.50 bits per heavy atom. The number of anilines is 1. The number of carbonyl (C=O) groups excluding carboxylic acids is 1. The van der Waals surface area contributed by atoms with Crippen LogP contribution in [0.15, 0.2) is 59.8 Å². The molecule has 4 rings (SSSR count). The molecule has 9 nitrogen and oxygen atoms in total. The second kappa shape index (κ2) is 8.50. The van der Waals surface area contributed by atoms with Gasteiger partial charge >= 0.3 is 0 Å². The highest BCUT2D eigenvalue weighted by atomic mass is 35.5. The van der Waals surface area contributed by atoms with Crippen molar-refractivity contribution in [3.8, 4) is 5.69 Å². The van der Waals surface area contributed by atoms with Gasteiger partial charge in [-0.3, -0.25) is 4.79 Å². The lowest BCUT2D eigenvalue weighted by Crippen LogP contribution is -2.43. The van der Waals surface area contributed by atoms with E-state index in [9.17, 15) is 13.2 Å². The predicted molar refractivity (Wildman–Crippen MR) is 111 cm³/mol. The van der Waals surface area contributed by atoms with Crippen LogP contribution in [0.2, 0.25) is 5.02 Å². The minimum Gasteiger partial charge on any atom is -0.326 e. The molecule has 0 spiro atoms. The maximum absolute atomic E-state index is 12.9. The zero-order chi connectivity index (χ0) is 21.1. The molecule has 1 amide bonds. The van der Waals surface area contributed by atoms with Crippen LogP contribution in [-0.2, 0) is 14.8 Å². The van der Waals surface area contributed by atoms with Crippen LogP contribution >= 0.6 is 11.6 Å². The zero-order valence-corrected chi connectivity index (χ0v) is 17.4. The largest absolute Gasteiger partial charge is 0.326 e. The summed E-state index contributed by atoms with van der Waals surface area (Å²) < 4.78 is 28.7. The number of sulfonamides is 1. The van der Waals surface area contributed by atoms with E-state index in [4.69, 9.17) is 11.6 Å². The van der Waals surface area contributed by atoms with E-state index < -0.39 is 15.9 Å². The van der Waals surface area contributed by atoms with Crippen LogP contribution in [0.1, 0.15) is 12.8 Å². The van der Waals surface area contributed by atoms with E-state index in [2.05, 4.69) is 20.8 Å². The molecule has 1 aliphatic rings. The van der Waals surface area contributed by atoms with Gasteiger partial charge in [-0.25, -0.2) is 13.1 Å². The van der Waals surface area contributed by atoms with Gasteiger partial charge in [0.15, 0.2) is 0 Å². The molecule has 0 aliphatic carbocycles. The number of hydrogen-bond donors (Lipinski definition) is 1. The van der Waals surface area contributed by atoms with Crippen molar-refractivity contribution in [2.75, 3.05) is 18.4 Å². The van der Waals surface area contributed by atoms with E-state index in [1.165, 1.54) is 27.4 Å². The highest BCUT2D eigenvalue weighted by Crippen LogP contribution is 2.25. The van der Waals surface area contributed by atoms with Crippen LogP contribution in [0.25, 0.3) is 5.69 Å². The molecule has 1 unspecified atom stereocenters. The predicted octanol–water partition coefficient (Wildman–Crippen LogP) is 2.36. The smallest absolute Gasteiger partial charge is 0.243 e. The summed E-state index contributed by atoms with van der Waals surface area (Å²) in [4.78, 5) is 12.9. The van der Waals surface area contributed by atoms with Crippen molar-refractivity contribution in [1.29, 1.82) is 0 Å². The molecule has 0 bridgehead atoms. The van der Waals surface area contributed by atoms with E-state index >= 15 is 0 Å². The van der Waals surface area contributed by atoms with E-state index in [0.717, 1.165) is 5.69 Å². The molecule has 1 aliphatic heterocycles. The summed E-state index contributed by atoms with van der Waals surface area (Å²) in [7, 11) is -3.68. The number of nitrogens with one attached hydrogen (secondary N) is 1. The second-order valence-electron chi connectivity index (χ2n) is 6.95. The zero-order valence-electron chi connectivity index (χ0n) is 15.8. The molecule has 1 aromatic heterocycles. The molecule has 0 radical (unpaired) electrons. The topological polar surface area (TPSA) is 110 Å². The van der Waals surface area contributed by atoms with Gasteiger partial charge in [-0.1, -0.05) is 11.6 Å². The van der Waals surface area contributed by atoms with Gasteiger partial charge in [0.05, 0.1) is 16.5 Å². The third-order valence-corrected chi connectivity index (χ3v) is 7.09. The molecule has 0 saturated carbocycles. The summed E-state index contributed by atoms with van der Waals surface area (Å²) >= 11 is 5.86. The van der Waals surface area contributed by atoms with Crippen molar-refractivity contribution in [3.05, 3.63) is 59.9 Å². The summed E-state index contributed by atoms with van der Waals surface area (Å²) in [6, 6.07) is 13.1. The molecular formula is C19H19ClN6O3S. The molecule has 1 atom stereocenters. The lowest BCUT2D eigenvalue weighted by atomic mass is 9.98. The summed E-state index contributed by atoms with van der Waals surface area (Å²) in [5.74, 6) is -0.638. The highest BCUT2D eigenvalue weighted by Gasteiger charge is 2.33. The van der Waals surface area contributed by atoms with Gasteiger partial charge in [0.2, 0.25) is 15.9 Å². The molecule has 156 valence electrons. The number of amides is 1. The Hall–Kier alpha value is -2.82. The number of halogens is 1. The monoisotopic (exact) mass is 446 g/mol. The molecule has 3 aromatic rings. The lowest BCUT2D eigenvalue weighted by molar-refractivity contribution is -0.120. The summed E-state index contributed by atoms with van der Waals surface area (Å²) in [5.41, 5.74) is 1.38. The summed E-state index contributed by atoms with van der Waals surface area (Å²) in [5, 5.41) is 14.3. The Morgan fingerprint density at radius 2 is 1.83 bits per heavy atom. The number of rotatable bonds is 5. The molecule has 2 heterocycles. The number of nitrogens with zero attached hydrogens (tertiary/aromatic N) is 5. The van der Waals surface area contributed by atoms with Gasteiger partial charge in [-0.15, -0.1) is 5.10 Å². The molecule has 1 fully saturated rings. The number of hydrogen-bond acceptors (Lipinski definition) is 6. The van der Waals surface area contributed by atoms with Crippen LogP contribution in [0.3, 0.4) is 0 Å². The Bertz CT molecular complexity index is 1120. The standard InChI is InChI=1S/C19H19ClN6O3S/c20-15-3-9-18(10-4-15)30(28,29)25-11-1-2-14(12-25)19(27)22-16-5-7-17(8-6-16)26-13-21-23-24-26/h3-10,13-14H,1-2,11-12H2,(H,22,27). The van der Waals surface area contributed by atoms with Crippen molar-refractivity contribution >= 4 is 33.2 Å². The first kappa shape index (κ1) is 20.5. The average molecular weight is 447 g/mol. The first-order valence-electron chi connectivity index (χ1n) is 9.33. The fourth-order valence-electron chi connectivity index (χ4n) is 3.35. The van der Waals surface area contributed by atoms with Crippen LogP contribution in [0, 0.1) is 5.92 Å². The van der Waals surface area contributed by atoms with Crippen LogP contribution < -0.4 is 5.32 Å². The maximum Gasteiger partial charge on any atom is 0.243 e. The fraction of sp³-hybridized carbons (Fsp3) is 0.263. The van der Waals surface area contributed by atoms with Gasteiger partial charge in [0, 0.05) is 23.8 Å². The quantitative estimate of drug-likeness (QED) is 0.644. The minimum absolute atomic E-state index is 0.138. The van der Waals surface area contributed by atoms with E-state index in [0.29, 0.717) is 30.1 Å². The van der Waals surface area contributed by atoms with Crippen LogP contribution in [-0.4, -0.2) is 51.9 Å². The Labute approximate surface area is 178 Å². The summed E-state index contributed by atoms with van der Waals surface area (Å²) in [6.07, 6.45) is 2.72. The molecule has 30 heavy (non-hydrogen) atoms. The van der Waals surface area contributed by atoms with Crippen LogP contribution in [0.5, 0.6) is 0 Å². The second-order valence-corrected chi connectivity index (χ2v) is 9.32. The van der Waals surface area contributed by atoms with Crippen molar-refractivity contribution in [1.82, 2.24) is 24.5 Å². The summed E-state index contributed by atoms with van der Waals surface area (Å²) in [6.45, 7) is 0.523. The fourth-order valence-corrected chi connectivity index (χ4v) is 5.00. The van der Waals surface area contributed by atoms with Crippen molar-refractivity contribution in [2.45, 2.75) is 17.7 Å². The van der Waals surface area contributed by atoms with E-state index in [1.807, 2.05) is 0 Å². The number of piperidine rings is 1. The number of carbonyl (C=O) groups is 1. The first-order chi connectivity index (χ1) is 14.4. The highest BCUT2D eigenvalue weighted by molar-refractivity contribution is 7.89. The van der Waals surface area contributed by atoms with Gasteiger partial charge in [0.1, 0.15) is 6.33 Å². The van der Waals surface area contributed by atoms with E-state index in [1.54, 1.807) is 36.4 Å². The van der Waals surface area contributed by atoms with Crippen molar-refractivity contribution in [3.63, 3.8) is 0 Å². The number of benzene rings is 2. The molecule has 1 saturated heterocycles. The number of aromatic nitrogens is 4. The Morgan fingerprint density at radius 1 is 1.10 bits per heavy atom. The van der Waals surface area contributed by atoms with Gasteiger partial charge in [-0.05, 0) is 71.8 Å². The molecule has 11 heteroatoms. The van der Waals surface area contributed by atoms with Gasteiger partial charge in [-0.2, -0.15) is 4.31 Å². The lowest BCUT2D eigenvalue weighted by Gasteiger charge is -2.31. The normalized spacial score (nSPS) is 17.6. The Kier molecular flexibility index (Phi) is 5.80. The maximum atomic E-state index is 12.9. The van der Waals surface area contributed by atoms with E-state index in [-0.39, 0.29) is 17.3 Å². The third-order valence-electron chi connectivity index (χ3n) is 4.95. The van der Waals surface area contributed by atoms with Gasteiger partial charge in [0.25, 0.3) is 0 Å². The van der Waals surface area contributed by atoms with Gasteiger partial charge < -0.3 is 5.32 Å². The first-order valence-corrected chi connectivity index (χ1v) is 11.2. The SMILES string of the molecule is O=C(Nc1ccc(-n2cnnn2)cc1)C1CCCN(S(=O)(=O)c2ccc(Cl)cc2)C1. The molecular weight excluding hydrogens is 428 g/mol.